The van der Waals surface area contributed by atoms with Gasteiger partial charge in [-0.15, -0.1) is 0 Å². The Morgan fingerprint density at radius 3 is 2.17 bits per heavy atom. The van der Waals surface area contributed by atoms with Crippen molar-refractivity contribution in [2.24, 2.45) is 11.8 Å². The summed E-state index contributed by atoms with van der Waals surface area (Å²) in [5.41, 5.74) is 1.22. The molecule has 0 fully saturated rings. The number of carbonyl (C=O) groups excluding carboxylic acids is 1. The van der Waals surface area contributed by atoms with Gasteiger partial charge in [-0.2, -0.15) is 10.5 Å². The average molecular weight is 241 g/mol. The van der Waals surface area contributed by atoms with Crippen LogP contribution in [0.1, 0.15) is 19.4 Å². The largest absolute Gasteiger partial charge is 0.314 e. The summed E-state index contributed by atoms with van der Waals surface area (Å²) in [6.07, 6.45) is 0. The standard InChI is InChI=1S/C14H15N3O/c1-10(2)13(9-16)14(18)17(3)12-6-4-11(8-15)5-7-12/h4-7,10,13H,1-3H3. The molecule has 0 aromatic heterocycles. The number of hydrogen-bond donors (Lipinski definition) is 0. The van der Waals surface area contributed by atoms with Gasteiger partial charge in [0.15, 0.2) is 0 Å². The van der Waals surface area contributed by atoms with E-state index in [4.69, 9.17) is 10.5 Å². The highest BCUT2D eigenvalue weighted by Gasteiger charge is 2.25. The second kappa shape index (κ2) is 5.84. The molecule has 92 valence electrons. The molecule has 18 heavy (non-hydrogen) atoms. The molecule has 0 saturated carbocycles. The van der Waals surface area contributed by atoms with Crippen LogP contribution in [0.5, 0.6) is 0 Å². The minimum Gasteiger partial charge on any atom is -0.314 e. The molecule has 0 heterocycles. The summed E-state index contributed by atoms with van der Waals surface area (Å²) in [6.45, 7) is 3.69. The monoisotopic (exact) mass is 241 g/mol. The summed E-state index contributed by atoms with van der Waals surface area (Å²) in [5.74, 6) is -0.897. The summed E-state index contributed by atoms with van der Waals surface area (Å²) in [4.78, 5) is 13.6. The third kappa shape index (κ3) is 2.87. The lowest BCUT2D eigenvalue weighted by molar-refractivity contribution is -0.121. The van der Waals surface area contributed by atoms with Gasteiger partial charge >= 0.3 is 0 Å². The number of nitriles is 2. The molecule has 1 rings (SSSR count). The summed E-state index contributed by atoms with van der Waals surface area (Å²) < 4.78 is 0. The highest BCUT2D eigenvalue weighted by atomic mass is 16.2. The molecule has 4 nitrogen and oxygen atoms in total. The van der Waals surface area contributed by atoms with Gasteiger partial charge in [0.2, 0.25) is 5.91 Å². The van der Waals surface area contributed by atoms with E-state index in [1.807, 2.05) is 26.0 Å². The predicted molar refractivity (Wildman–Crippen MR) is 68.5 cm³/mol. The Kier molecular flexibility index (Phi) is 4.45. The van der Waals surface area contributed by atoms with E-state index in [9.17, 15) is 4.79 Å². The maximum Gasteiger partial charge on any atom is 0.244 e. The molecular formula is C14H15N3O. The van der Waals surface area contributed by atoms with Crippen molar-refractivity contribution in [2.45, 2.75) is 13.8 Å². The van der Waals surface area contributed by atoms with Crippen LogP contribution in [0.2, 0.25) is 0 Å². The molecule has 0 bridgehead atoms. The van der Waals surface area contributed by atoms with E-state index in [2.05, 4.69) is 0 Å². The molecule has 0 aliphatic carbocycles. The molecule has 1 aromatic carbocycles. The fourth-order valence-corrected chi connectivity index (χ4v) is 1.58. The minimum atomic E-state index is -0.648. The zero-order valence-corrected chi connectivity index (χ0v) is 10.7. The SMILES string of the molecule is CC(C)C(C#N)C(=O)N(C)c1ccc(C#N)cc1. The zero-order valence-electron chi connectivity index (χ0n) is 10.7. The van der Waals surface area contributed by atoms with E-state index < -0.39 is 5.92 Å². The van der Waals surface area contributed by atoms with Crippen molar-refractivity contribution in [3.63, 3.8) is 0 Å². The molecule has 4 heteroatoms. The smallest absolute Gasteiger partial charge is 0.244 e. The van der Waals surface area contributed by atoms with Gasteiger partial charge in [0.25, 0.3) is 0 Å². The molecular weight excluding hydrogens is 226 g/mol. The highest BCUT2D eigenvalue weighted by molar-refractivity contribution is 5.96. The number of hydrogen-bond acceptors (Lipinski definition) is 3. The Balaban J connectivity index is 2.93. The predicted octanol–water partition coefficient (Wildman–Crippen LogP) is 2.32. The molecule has 0 saturated heterocycles. The van der Waals surface area contributed by atoms with Crippen molar-refractivity contribution in [3.8, 4) is 12.1 Å². The van der Waals surface area contributed by atoms with Crippen LogP contribution in [0, 0.1) is 34.5 Å². The van der Waals surface area contributed by atoms with Gasteiger partial charge in [-0.3, -0.25) is 4.79 Å². The molecule has 1 amide bonds. The van der Waals surface area contributed by atoms with Gasteiger partial charge in [-0.05, 0) is 30.2 Å². The average Bonchev–Trinajstić information content (AvgIpc) is 2.38. The lowest BCUT2D eigenvalue weighted by Gasteiger charge is -2.22. The Morgan fingerprint density at radius 2 is 1.78 bits per heavy atom. The molecule has 1 unspecified atom stereocenters. The fourth-order valence-electron chi connectivity index (χ4n) is 1.58. The summed E-state index contributed by atoms with van der Waals surface area (Å²) in [7, 11) is 1.64. The highest BCUT2D eigenvalue weighted by Crippen LogP contribution is 2.19. The fraction of sp³-hybridized carbons (Fsp3) is 0.357. The second-order valence-electron chi connectivity index (χ2n) is 4.41. The number of amides is 1. The van der Waals surface area contributed by atoms with Crippen LogP contribution in [0.4, 0.5) is 5.69 Å². The van der Waals surface area contributed by atoms with Crippen molar-refractivity contribution >= 4 is 11.6 Å². The van der Waals surface area contributed by atoms with E-state index in [1.165, 1.54) is 4.90 Å². The van der Waals surface area contributed by atoms with Gasteiger partial charge in [0.1, 0.15) is 5.92 Å². The third-order valence-corrected chi connectivity index (χ3v) is 2.79. The van der Waals surface area contributed by atoms with E-state index in [-0.39, 0.29) is 11.8 Å². The normalized spacial score (nSPS) is 11.4. The zero-order chi connectivity index (χ0) is 13.7. The topological polar surface area (TPSA) is 67.9 Å². The van der Waals surface area contributed by atoms with Crippen LogP contribution in [-0.2, 0) is 4.79 Å². The quantitative estimate of drug-likeness (QED) is 0.815. The van der Waals surface area contributed by atoms with Crippen LogP contribution in [0.15, 0.2) is 24.3 Å². The molecule has 0 radical (unpaired) electrons. The molecule has 0 aliphatic rings. The number of nitrogens with zero attached hydrogens (tertiary/aromatic N) is 3. The van der Waals surface area contributed by atoms with Crippen molar-refractivity contribution in [1.82, 2.24) is 0 Å². The van der Waals surface area contributed by atoms with Crippen molar-refractivity contribution in [1.29, 1.82) is 10.5 Å². The first-order valence-corrected chi connectivity index (χ1v) is 5.68. The van der Waals surface area contributed by atoms with Gasteiger partial charge in [0, 0.05) is 12.7 Å². The molecule has 1 aromatic rings. The summed E-state index contributed by atoms with van der Waals surface area (Å²) in [5, 5.41) is 17.7. The van der Waals surface area contributed by atoms with Gasteiger partial charge in [-0.1, -0.05) is 13.8 Å². The number of anilines is 1. The van der Waals surface area contributed by atoms with Crippen LogP contribution in [0.3, 0.4) is 0 Å². The van der Waals surface area contributed by atoms with E-state index in [1.54, 1.807) is 31.3 Å². The first-order chi connectivity index (χ1) is 8.51. The van der Waals surface area contributed by atoms with Crippen LogP contribution in [-0.4, -0.2) is 13.0 Å². The van der Waals surface area contributed by atoms with Crippen molar-refractivity contribution in [3.05, 3.63) is 29.8 Å². The Morgan fingerprint density at radius 1 is 1.22 bits per heavy atom. The van der Waals surface area contributed by atoms with Gasteiger partial charge in [-0.25, -0.2) is 0 Å². The van der Waals surface area contributed by atoms with E-state index in [0.29, 0.717) is 11.3 Å². The van der Waals surface area contributed by atoms with Crippen molar-refractivity contribution < 1.29 is 4.79 Å². The van der Waals surface area contributed by atoms with Crippen LogP contribution < -0.4 is 4.90 Å². The first kappa shape index (κ1) is 13.7. The number of rotatable bonds is 3. The maximum atomic E-state index is 12.1. The summed E-state index contributed by atoms with van der Waals surface area (Å²) in [6, 6.07) is 10.7. The molecule has 1 atom stereocenters. The lowest BCUT2D eigenvalue weighted by atomic mass is 9.96. The minimum absolute atomic E-state index is 0.0247. The molecule has 0 spiro atoms. The Hall–Kier alpha value is -2.33. The Labute approximate surface area is 107 Å². The maximum absolute atomic E-state index is 12.1. The van der Waals surface area contributed by atoms with Gasteiger partial charge < -0.3 is 4.90 Å². The second-order valence-corrected chi connectivity index (χ2v) is 4.41. The molecule has 0 aliphatic heterocycles. The molecule has 0 N–H and O–H groups in total. The lowest BCUT2D eigenvalue weighted by Crippen LogP contribution is -2.34. The Bertz CT molecular complexity index is 505. The van der Waals surface area contributed by atoms with Crippen molar-refractivity contribution in [2.75, 3.05) is 11.9 Å². The number of benzene rings is 1. The summed E-state index contributed by atoms with van der Waals surface area (Å²) >= 11 is 0. The number of carbonyl (C=O) groups is 1. The third-order valence-electron chi connectivity index (χ3n) is 2.79. The van der Waals surface area contributed by atoms with Crippen LogP contribution in [0.25, 0.3) is 0 Å². The van der Waals surface area contributed by atoms with Gasteiger partial charge in [0.05, 0.1) is 17.7 Å². The van der Waals surface area contributed by atoms with E-state index in [0.717, 1.165) is 0 Å². The van der Waals surface area contributed by atoms with Crippen LogP contribution >= 0.6 is 0 Å². The van der Waals surface area contributed by atoms with E-state index >= 15 is 0 Å². The first-order valence-electron chi connectivity index (χ1n) is 5.68.